The number of rotatable bonds is 4. The quantitative estimate of drug-likeness (QED) is 0.383. The number of amides is 1. The molecular weight excluding hydrogens is 206 g/mol. The van der Waals surface area contributed by atoms with Crippen LogP contribution in [0.1, 0.15) is 19.3 Å². The SMILES string of the molecule is O=CCCC(=O)N[C@H]1CC(S)OC1=O. The lowest BCUT2D eigenvalue weighted by molar-refractivity contribution is -0.142. The Bertz CT molecular complexity index is 256. The first kappa shape index (κ1) is 11.0. The fourth-order valence-corrected chi connectivity index (χ4v) is 1.45. The lowest BCUT2D eigenvalue weighted by atomic mass is 10.2. The number of aldehydes is 1. The molecule has 0 radical (unpaired) electrons. The van der Waals surface area contributed by atoms with Crippen molar-refractivity contribution in [2.75, 3.05) is 0 Å². The Kier molecular flexibility index (Phi) is 3.94. The lowest BCUT2D eigenvalue weighted by Crippen LogP contribution is -2.37. The zero-order valence-electron chi connectivity index (χ0n) is 7.43. The van der Waals surface area contributed by atoms with Crippen molar-refractivity contribution in [1.29, 1.82) is 0 Å². The third-order valence-corrected chi connectivity index (χ3v) is 2.11. The van der Waals surface area contributed by atoms with E-state index in [9.17, 15) is 14.4 Å². The summed E-state index contributed by atoms with van der Waals surface area (Å²) in [6.07, 6.45) is 1.30. The largest absolute Gasteiger partial charge is 0.450 e. The van der Waals surface area contributed by atoms with Gasteiger partial charge >= 0.3 is 5.97 Å². The van der Waals surface area contributed by atoms with E-state index in [2.05, 4.69) is 17.9 Å². The van der Waals surface area contributed by atoms with Gasteiger partial charge in [-0.15, -0.1) is 12.6 Å². The summed E-state index contributed by atoms with van der Waals surface area (Å²) in [5.41, 5.74) is -0.445. The van der Waals surface area contributed by atoms with E-state index in [1.807, 2.05) is 0 Å². The second kappa shape index (κ2) is 4.99. The molecule has 0 spiro atoms. The molecule has 1 saturated heterocycles. The van der Waals surface area contributed by atoms with Crippen molar-refractivity contribution in [2.24, 2.45) is 0 Å². The van der Waals surface area contributed by atoms with E-state index in [4.69, 9.17) is 4.74 Å². The fourth-order valence-electron chi connectivity index (χ4n) is 1.14. The molecule has 1 aliphatic heterocycles. The van der Waals surface area contributed by atoms with Gasteiger partial charge in [-0.05, 0) is 0 Å². The van der Waals surface area contributed by atoms with Gasteiger partial charge in [-0.25, -0.2) is 4.79 Å². The van der Waals surface area contributed by atoms with Gasteiger partial charge in [0.15, 0.2) is 0 Å². The van der Waals surface area contributed by atoms with Crippen LogP contribution < -0.4 is 5.32 Å². The topological polar surface area (TPSA) is 72.5 Å². The van der Waals surface area contributed by atoms with E-state index in [0.717, 1.165) is 0 Å². The summed E-state index contributed by atoms with van der Waals surface area (Å²) in [5.74, 6) is -0.786. The summed E-state index contributed by atoms with van der Waals surface area (Å²) < 4.78 is 4.72. The summed E-state index contributed by atoms with van der Waals surface area (Å²) in [5, 5.41) is 2.47. The number of thiol groups is 1. The van der Waals surface area contributed by atoms with Gasteiger partial charge in [-0.3, -0.25) is 4.79 Å². The zero-order valence-corrected chi connectivity index (χ0v) is 8.33. The van der Waals surface area contributed by atoms with Crippen molar-refractivity contribution in [2.45, 2.75) is 30.7 Å². The molecule has 5 nitrogen and oxygen atoms in total. The molecule has 1 N–H and O–H groups in total. The van der Waals surface area contributed by atoms with Gasteiger partial charge in [0.1, 0.15) is 17.8 Å². The monoisotopic (exact) mass is 217 g/mol. The number of nitrogens with one attached hydrogen (secondary N) is 1. The Morgan fingerprint density at radius 3 is 2.93 bits per heavy atom. The molecule has 0 aliphatic carbocycles. The van der Waals surface area contributed by atoms with Crippen LogP contribution in [0.4, 0.5) is 0 Å². The smallest absolute Gasteiger partial charge is 0.329 e. The maximum Gasteiger partial charge on any atom is 0.329 e. The average Bonchev–Trinajstić information content (AvgIpc) is 2.42. The van der Waals surface area contributed by atoms with Crippen LogP contribution in [0.15, 0.2) is 0 Å². The molecule has 6 heteroatoms. The molecule has 14 heavy (non-hydrogen) atoms. The number of carbonyl (C=O) groups excluding carboxylic acids is 3. The molecule has 0 aromatic rings. The van der Waals surface area contributed by atoms with Gasteiger partial charge in [-0.2, -0.15) is 0 Å². The highest BCUT2D eigenvalue weighted by Crippen LogP contribution is 2.17. The molecule has 2 atom stereocenters. The van der Waals surface area contributed by atoms with E-state index in [-0.39, 0.29) is 18.7 Å². The third kappa shape index (κ3) is 3.02. The van der Waals surface area contributed by atoms with E-state index in [1.165, 1.54) is 0 Å². The van der Waals surface area contributed by atoms with Gasteiger partial charge in [0.2, 0.25) is 5.91 Å². The number of hydrogen-bond acceptors (Lipinski definition) is 5. The van der Waals surface area contributed by atoms with E-state index in [1.54, 1.807) is 0 Å². The Labute approximate surface area is 86.6 Å². The van der Waals surface area contributed by atoms with Crippen molar-refractivity contribution in [3.63, 3.8) is 0 Å². The predicted octanol–water partition coefficient (Wildman–Crippen LogP) is -0.347. The van der Waals surface area contributed by atoms with Crippen LogP contribution in [0, 0.1) is 0 Å². The van der Waals surface area contributed by atoms with Gasteiger partial charge in [-0.1, -0.05) is 0 Å². The second-order valence-electron chi connectivity index (χ2n) is 2.95. The molecule has 0 saturated carbocycles. The van der Waals surface area contributed by atoms with Crippen LogP contribution in [0.25, 0.3) is 0 Å². The highest BCUT2D eigenvalue weighted by atomic mass is 32.1. The van der Waals surface area contributed by atoms with Crippen molar-refractivity contribution >= 4 is 30.8 Å². The normalized spacial score (nSPS) is 25.6. The van der Waals surface area contributed by atoms with Crippen LogP contribution in [-0.2, 0) is 19.1 Å². The molecule has 0 aromatic carbocycles. The molecule has 0 bridgehead atoms. The molecule has 1 heterocycles. The molecule has 1 rings (SSSR count). The summed E-state index contributed by atoms with van der Waals surface area (Å²) in [6, 6.07) is -0.614. The minimum atomic E-state index is -0.614. The minimum Gasteiger partial charge on any atom is -0.450 e. The molecule has 1 aliphatic rings. The number of hydrogen-bond donors (Lipinski definition) is 2. The number of cyclic esters (lactones) is 1. The second-order valence-corrected chi connectivity index (χ2v) is 3.53. The summed E-state index contributed by atoms with van der Waals surface area (Å²) in [6.45, 7) is 0. The lowest BCUT2D eigenvalue weighted by Gasteiger charge is -2.06. The summed E-state index contributed by atoms with van der Waals surface area (Å²) in [7, 11) is 0. The maximum absolute atomic E-state index is 11.1. The number of ether oxygens (including phenoxy) is 1. The predicted molar refractivity (Wildman–Crippen MR) is 50.7 cm³/mol. The maximum atomic E-state index is 11.1. The van der Waals surface area contributed by atoms with Crippen molar-refractivity contribution < 1.29 is 19.1 Å². The first-order valence-corrected chi connectivity index (χ1v) is 4.76. The van der Waals surface area contributed by atoms with Gasteiger partial charge < -0.3 is 14.8 Å². The Hall–Kier alpha value is -1.04. The fraction of sp³-hybridized carbons (Fsp3) is 0.625. The number of esters is 1. The molecule has 1 unspecified atom stereocenters. The molecule has 78 valence electrons. The Morgan fingerprint density at radius 2 is 2.43 bits per heavy atom. The zero-order chi connectivity index (χ0) is 10.6. The number of carbonyl (C=O) groups is 3. The standard InChI is InChI=1S/C8H11NO4S/c10-3-1-2-6(11)9-5-4-7(14)13-8(5)12/h3,5,7,14H,1-2,4H2,(H,9,11)/t5-,7?/m0/s1. The van der Waals surface area contributed by atoms with Crippen molar-refractivity contribution in [3.8, 4) is 0 Å². The van der Waals surface area contributed by atoms with E-state index < -0.39 is 17.4 Å². The van der Waals surface area contributed by atoms with Crippen LogP contribution in [0.5, 0.6) is 0 Å². The van der Waals surface area contributed by atoms with Gasteiger partial charge in [0.25, 0.3) is 0 Å². The van der Waals surface area contributed by atoms with Crippen LogP contribution in [0.3, 0.4) is 0 Å². The third-order valence-electron chi connectivity index (χ3n) is 1.80. The van der Waals surface area contributed by atoms with Crippen LogP contribution >= 0.6 is 12.6 Å². The van der Waals surface area contributed by atoms with Crippen molar-refractivity contribution in [3.05, 3.63) is 0 Å². The van der Waals surface area contributed by atoms with Gasteiger partial charge in [0.05, 0.1) is 0 Å². The van der Waals surface area contributed by atoms with E-state index >= 15 is 0 Å². The van der Waals surface area contributed by atoms with Gasteiger partial charge in [0, 0.05) is 19.3 Å². The Morgan fingerprint density at radius 1 is 1.71 bits per heavy atom. The average molecular weight is 217 g/mol. The first-order chi connectivity index (χ1) is 6.63. The van der Waals surface area contributed by atoms with Crippen LogP contribution in [0.2, 0.25) is 0 Å². The summed E-state index contributed by atoms with van der Waals surface area (Å²) >= 11 is 3.95. The molecule has 1 fully saturated rings. The summed E-state index contributed by atoms with van der Waals surface area (Å²) in [4.78, 5) is 32.1. The van der Waals surface area contributed by atoms with Crippen molar-refractivity contribution in [1.82, 2.24) is 5.32 Å². The first-order valence-electron chi connectivity index (χ1n) is 4.25. The van der Waals surface area contributed by atoms with E-state index in [0.29, 0.717) is 12.7 Å². The molecule has 0 aromatic heterocycles. The minimum absolute atomic E-state index is 0.102. The Balaban J connectivity index is 2.33. The highest BCUT2D eigenvalue weighted by Gasteiger charge is 2.33. The van der Waals surface area contributed by atoms with Crippen LogP contribution in [-0.4, -0.2) is 29.6 Å². The molecule has 1 amide bonds. The highest BCUT2D eigenvalue weighted by molar-refractivity contribution is 7.80. The molecular formula is C8H11NO4S.